The van der Waals surface area contributed by atoms with Crippen molar-refractivity contribution in [2.75, 3.05) is 13.2 Å². The number of ether oxygens (including phenoxy) is 4. The molecule has 0 saturated heterocycles. The van der Waals surface area contributed by atoms with E-state index in [4.69, 9.17) is 14.2 Å². The van der Waals surface area contributed by atoms with Gasteiger partial charge < -0.3 is 33.6 Å². The van der Waals surface area contributed by atoms with Crippen molar-refractivity contribution in [3.8, 4) is 23.3 Å². The molecule has 13 heteroatoms. The van der Waals surface area contributed by atoms with Crippen LogP contribution in [0.1, 0.15) is 12.8 Å². The number of benzene rings is 2. The Labute approximate surface area is 214 Å². The monoisotopic (exact) mass is 532 g/mol. The number of nitrogens with zero attached hydrogens (tertiary/aromatic N) is 4. The highest BCUT2D eigenvalue weighted by Gasteiger charge is 2.31. The molecule has 0 radical (unpaired) electrons. The fourth-order valence-electron chi connectivity index (χ4n) is 4.15. The van der Waals surface area contributed by atoms with E-state index in [1.807, 2.05) is 30.5 Å². The van der Waals surface area contributed by atoms with Crippen LogP contribution in [0.5, 0.6) is 23.3 Å². The molecule has 1 aliphatic rings. The summed E-state index contributed by atoms with van der Waals surface area (Å²) in [6, 6.07) is 13.3. The van der Waals surface area contributed by atoms with Gasteiger partial charge in [0.25, 0.3) is 0 Å². The first-order valence-electron chi connectivity index (χ1n) is 11.8. The van der Waals surface area contributed by atoms with Gasteiger partial charge in [-0.05, 0) is 59.9 Å². The van der Waals surface area contributed by atoms with Crippen LogP contribution < -0.4 is 18.9 Å². The van der Waals surface area contributed by atoms with Crippen molar-refractivity contribution in [3.05, 3.63) is 71.0 Å². The average molecular weight is 532 g/mol. The first kappa shape index (κ1) is 25.2. The van der Waals surface area contributed by atoms with E-state index in [1.165, 1.54) is 30.5 Å². The van der Waals surface area contributed by atoms with E-state index < -0.39 is 11.3 Å². The van der Waals surface area contributed by atoms with E-state index in [1.54, 1.807) is 4.57 Å². The second-order valence-electron chi connectivity index (χ2n) is 8.62. The van der Waals surface area contributed by atoms with Crippen LogP contribution >= 0.6 is 0 Å². The Hall–Kier alpha value is -4.42. The van der Waals surface area contributed by atoms with Gasteiger partial charge in [0.15, 0.2) is 0 Å². The van der Waals surface area contributed by atoms with Crippen molar-refractivity contribution in [2.24, 2.45) is 0 Å². The van der Waals surface area contributed by atoms with Crippen LogP contribution in [0.4, 0.5) is 19.0 Å². The van der Waals surface area contributed by atoms with Crippen LogP contribution in [0.15, 0.2) is 60.9 Å². The Kier molecular flexibility index (Phi) is 6.99. The molecule has 0 unspecified atom stereocenters. The standard InChI is InChI=1S/C25H23F3N4O6/c26-25(27,28)38-19-4-2-18(3-5-19)35-13-1-10-30-11-8-17-14-20(6-7-22(17)30)36-16-21-9-12-31-15-23(32(33)34)29-24(31)37-21/h2-8,11,14-15,21H,1,9-10,12-13,16H2/t21-/m1/s1. The quantitative estimate of drug-likeness (QED) is 0.154. The SMILES string of the molecule is O=[N+]([O-])c1cn2c(n1)O[C@@H](COc1ccc3c(ccn3CCCOc3ccc(OC(F)(F)F)cc3)c1)CC2. The molecule has 2 aromatic carbocycles. The third-order valence-electron chi connectivity index (χ3n) is 5.93. The lowest BCUT2D eigenvalue weighted by Gasteiger charge is -2.22. The lowest BCUT2D eigenvalue weighted by atomic mass is 10.2. The first-order valence-corrected chi connectivity index (χ1v) is 11.8. The summed E-state index contributed by atoms with van der Waals surface area (Å²) >= 11 is 0. The summed E-state index contributed by atoms with van der Waals surface area (Å²) in [4.78, 5) is 14.3. The van der Waals surface area contributed by atoms with Crippen molar-refractivity contribution in [1.82, 2.24) is 14.1 Å². The van der Waals surface area contributed by atoms with E-state index in [0.29, 0.717) is 44.0 Å². The highest BCUT2D eigenvalue weighted by atomic mass is 19.4. The van der Waals surface area contributed by atoms with Crippen LogP contribution in [0.25, 0.3) is 10.9 Å². The van der Waals surface area contributed by atoms with Gasteiger partial charge in [-0.15, -0.1) is 13.2 Å². The molecule has 0 aliphatic carbocycles. The minimum atomic E-state index is -4.73. The van der Waals surface area contributed by atoms with Gasteiger partial charge in [0.1, 0.15) is 36.2 Å². The number of aryl methyl sites for hydroxylation is 2. The van der Waals surface area contributed by atoms with Crippen LogP contribution in [0, 0.1) is 10.1 Å². The zero-order valence-electron chi connectivity index (χ0n) is 20.0. The van der Waals surface area contributed by atoms with Crippen molar-refractivity contribution in [2.45, 2.75) is 38.4 Å². The van der Waals surface area contributed by atoms with Gasteiger partial charge in [-0.3, -0.25) is 4.57 Å². The van der Waals surface area contributed by atoms with Crippen LogP contribution in [-0.2, 0) is 13.1 Å². The van der Waals surface area contributed by atoms with E-state index in [0.717, 1.165) is 10.9 Å². The maximum Gasteiger partial charge on any atom is 0.573 e. The molecule has 1 aliphatic heterocycles. The fourth-order valence-corrected chi connectivity index (χ4v) is 4.15. The van der Waals surface area contributed by atoms with E-state index >= 15 is 0 Å². The lowest BCUT2D eigenvalue weighted by molar-refractivity contribution is -0.389. The van der Waals surface area contributed by atoms with Crippen LogP contribution in [0.3, 0.4) is 0 Å². The summed E-state index contributed by atoms with van der Waals surface area (Å²) in [6.45, 7) is 1.93. The topological polar surface area (TPSA) is 103 Å². The Morgan fingerprint density at radius 1 is 1.08 bits per heavy atom. The summed E-state index contributed by atoms with van der Waals surface area (Å²) < 4.78 is 61.6. The number of imidazole rings is 1. The number of halogens is 3. The van der Waals surface area contributed by atoms with Crippen LogP contribution in [-0.4, -0.2) is 44.7 Å². The molecule has 2 aromatic heterocycles. The predicted octanol–water partition coefficient (Wildman–Crippen LogP) is 5.34. The molecule has 0 spiro atoms. The molecule has 0 N–H and O–H groups in total. The van der Waals surface area contributed by atoms with E-state index in [2.05, 4.69) is 14.3 Å². The van der Waals surface area contributed by atoms with E-state index in [-0.39, 0.29) is 30.3 Å². The van der Waals surface area contributed by atoms with Crippen molar-refractivity contribution < 1.29 is 37.0 Å². The Bertz CT molecular complexity index is 1420. The molecule has 3 heterocycles. The van der Waals surface area contributed by atoms with Gasteiger partial charge in [0, 0.05) is 41.6 Å². The minimum absolute atomic E-state index is 0.223. The normalized spacial score (nSPS) is 15.1. The molecule has 0 amide bonds. The molecule has 4 aromatic rings. The highest BCUT2D eigenvalue weighted by Crippen LogP contribution is 2.27. The highest BCUT2D eigenvalue weighted by molar-refractivity contribution is 5.81. The molecular weight excluding hydrogens is 509 g/mol. The number of rotatable bonds is 10. The van der Waals surface area contributed by atoms with Crippen molar-refractivity contribution in [1.29, 1.82) is 0 Å². The summed E-state index contributed by atoms with van der Waals surface area (Å²) in [5.41, 5.74) is 1.02. The van der Waals surface area contributed by atoms with Crippen LogP contribution in [0.2, 0.25) is 0 Å². The molecule has 5 rings (SSSR count). The molecule has 38 heavy (non-hydrogen) atoms. The van der Waals surface area contributed by atoms with Gasteiger partial charge in [-0.2, -0.15) is 0 Å². The third kappa shape index (κ3) is 6.10. The molecule has 200 valence electrons. The summed E-state index contributed by atoms with van der Waals surface area (Å²) in [7, 11) is 0. The second-order valence-corrected chi connectivity index (χ2v) is 8.62. The van der Waals surface area contributed by atoms with Crippen molar-refractivity contribution >= 4 is 16.7 Å². The molecule has 10 nitrogen and oxygen atoms in total. The molecular formula is C25H23F3N4O6. The minimum Gasteiger partial charge on any atom is -0.494 e. The van der Waals surface area contributed by atoms with Gasteiger partial charge in [0.05, 0.1) is 6.61 Å². The smallest absolute Gasteiger partial charge is 0.494 e. The van der Waals surface area contributed by atoms with Gasteiger partial charge >= 0.3 is 18.2 Å². The average Bonchev–Trinajstić information content (AvgIpc) is 3.49. The first-order chi connectivity index (χ1) is 18.2. The second kappa shape index (κ2) is 10.5. The molecule has 0 fully saturated rings. The lowest BCUT2D eigenvalue weighted by Crippen LogP contribution is -2.31. The molecule has 0 bridgehead atoms. The van der Waals surface area contributed by atoms with E-state index in [9.17, 15) is 23.3 Å². The van der Waals surface area contributed by atoms with Gasteiger partial charge in [0.2, 0.25) is 0 Å². The largest absolute Gasteiger partial charge is 0.573 e. The Morgan fingerprint density at radius 2 is 1.84 bits per heavy atom. The summed E-state index contributed by atoms with van der Waals surface area (Å²) in [6.07, 6.45) is -0.321. The number of alkyl halides is 3. The number of nitro groups is 1. The number of hydrogen-bond donors (Lipinski definition) is 0. The third-order valence-corrected chi connectivity index (χ3v) is 5.93. The number of aromatic nitrogens is 3. The molecule has 1 atom stereocenters. The summed E-state index contributed by atoms with van der Waals surface area (Å²) in [5, 5.41) is 11.9. The van der Waals surface area contributed by atoms with Gasteiger partial charge in [-0.25, -0.2) is 0 Å². The number of hydrogen-bond acceptors (Lipinski definition) is 7. The zero-order valence-corrected chi connectivity index (χ0v) is 20.0. The maximum absolute atomic E-state index is 12.3. The Balaban J connectivity index is 1.09. The number of fused-ring (bicyclic) bond motifs is 2. The zero-order chi connectivity index (χ0) is 26.7. The van der Waals surface area contributed by atoms with Gasteiger partial charge in [-0.1, -0.05) is 0 Å². The Morgan fingerprint density at radius 3 is 2.61 bits per heavy atom. The van der Waals surface area contributed by atoms with Crippen molar-refractivity contribution in [3.63, 3.8) is 0 Å². The summed E-state index contributed by atoms with van der Waals surface area (Å²) in [5.74, 6) is 0.608. The fraction of sp³-hybridized carbons (Fsp3) is 0.320. The molecule has 0 saturated carbocycles. The predicted molar refractivity (Wildman–Crippen MR) is 129 cm³/mol. The maximum atomic E-state index is 12.3.